The Balaban J connectivity index is 2.01. The minimum atomic E-state index is -0.0993. The number of aliphatic hydroxyl groups is 1. The Bertz CT molecular complexity index is 532. The number of benzene rings is 2. The Labute approximate surface area is 106 Å². The van der Waals surface area contributed by atoms with E-state index in [4.69, 9.17) is 5.11 Å². The number of nitrogens with one attached hydrogen (secondary N) is 1. The molecule has 0 radical (unpaired) electrons. The van der Waals surface area contributed by atoms with Crippen LogP contribution < -0.4 is 5.32 Å². The molecule has 0 aliphatic rings. The topological polar surface area (TPSA) is 49.3 Å². The molecular weight excluding hydrogens is 226 g/mol. The molecule has 0 fully saturated rings. The van der Waals surface area contributed by atoms with E-state index >= 15 is 0 Å². The molecule has 0 aliphatic carbocycles. The van der Waals surface area contributed by atoms with Gasteiger partial charge in [-0.25, -0.2) is 0 Å². The molecule has 0 aromatic heterocycles. The van der Waals surface area contributed by atoms with Crippen molar-refractivity contribution >= 4 is 16.7 Å². The normalized spacial score (nSPS) is 10.5. The molecular formula is C15H17NO2. The first kappa shape index (κ1) is 12.6. The van der Waals surface area contributed by atoms with Crippen molar-refractivity contribution in [1.82, 2.24) is 5.32 Å². The molecule has 2 aromatic rings. The van der Waals surface area contributed by atoms with E-state index in [-0.39, 0.29) is 18.9 Å². The van der Waals surface area contributed by atoms with Crippen LogP contribution in [0.5, 0.6) is 0 Å². The third-order valence-corrected chi connectivity index (χ3v) is 2.94. The van der Waals surface area contributed by atoms with Gasteiger partial charge in [-0.05, 0) is 22.8 Å². The van der Waals surface area contributed by atoms with Crippen molar-refractivity contribution in [2.45, 2.75) is 12.8 Å². The number of carbonyl (C=O) groups excluding carboxylic acids is 1. The van der Waals surface area contributed by atoms with E-state index < -0.39 is 0 Å². The molecule has 3 nitrogen and oxygen atoms in total. The first-order chi connectivity index (χ1) is 8.81. The molecule has 0 aliphatic heterocycles. The van der Waals surface area contributed by atoms with Crippen LogP contribution in [0.2, 0.25) is 0 Å². The Hall–Kier alpha value is -1.87. The quantitative estimate of drug-likeness (QED) is 0.842. The van der Waals surface area contributed by atoms with Crippen LogP contribution in [0.3, 0.4) is 0 Å². The van der Waals surface area contributed by atoms with Crippen LogP contribution in [0, 0.1) is 0 Å². The molecule has 1 amide bonds. The lowest BCUT2D eigenvalue weighted by molar-refractivity contribution is -0.121. The second-order valence-corrected chi connectivity index (χ2v) is 4.21. The van der Waals surface area contributed by atoms with Gasteiger partial charge in [-0.15, -0.1) is 0 Å². The Kier molecular flexibility index (Phi) is 4.31. The molecule has 0 heterocycles. The van der Waals surface area contributed by atoms with Gasteiger partial charge in [-0.1, -0.05) is 42.5 Å². The highest BCUT2D eigenvalue weighted by molar-refractivity contribution is 5.85. The summed E-state index contributed by atoms with van der Waals surface area (Å²) >= 11 is 0. The molecule has 94 valence electrons. The highest BCUT2D eigenvalue weighted by Crippen LogP contribution is 2.18. The number of amides is 1. The molecule has 0 atom stereocenters. The second kappa shape index (κ2) is 6.17. The summed E-state index contributed by atoms with van der Waals surface area (Å²) in [5, 5.41) is 13.9. The van der Waals surface area contributed by atoms with E-state index in [9.17, 15) is 4.79 Å². The van der Waals surface area contributed by atoms with Gasteiger partial charge in [0.25, 0.3) is 0 Å². The van der Waals surface area contributed by atoms with Gasteiger partial charge in [-0.2, -0.15) is 0 Å². The van der Waals surface area contributed by atoms with Crippen LogP contribution >= 0.6 is 0 Å². The number of hydrogen-bond donors (Lipinski definition) is 2. The zero-order valence-corrected chi connectivity index (χ0v) is 10.2. The van der Waals surface area contributed by atoms with Gasteiger partial charge in [0, 0.05) is 13.0 Å². The minimum absolute atomic E-state index is 0.0971. The monoisotopic (exact) mass is 243 g/mol. The van der Waals surface area contributed by atoms with Crippen molar-refractivity contribution in [2.75, 3.05) is 13.2 Å². The van der Waals surface area contributed by atoms with Crippen molar-refractivity contribution in [1.29, 1.82) is 0 Å². The van der Waals surface area contributed by atoms with Crippen LogP contribution in [0.15, 0.2) is 42.5 Å². The molecule has 2 N–H and O–H groups in total. The molecule has 3 heteroatoms. The van der Waals surface area contributed by atoms with Gasteiger partial charge < -0.3 is 10.4 Å². The van der Waals surface area contributed by atoms with Gasteiger partial charge in [-0.3, -0.25) is 4.79 Å². The van der Waals surface area contributed by atoms with Gasteiger partial charge in [0.1, 0.15) is 0 Å². The summed E-state index contributed by atoms with van der Waals surface area (Å²) in [6.45, 7) is 0.507. The standard InChI is InChI=1S/C15H17NO2/c17-11-9-15(18)16-10-8-13-6-3-5-12-4-1-2-7-14(12)13/h1-7,17H,8-11H2,(H,16,18). The maximum absolute atomic E-state index is 11.2. The largest absolute Gasteiger partial charge is 0.396 e. The number of carbonyl (C=O) groups is 1. The first-order valence-corrected chi connectivity index (χ1v) is 6.15. The molecule has 18 heavy (non-hydrogen) atoms. The predicted octanol–water partition coefficient (Wildman–Crippen LogP) is 1.88. The van der Waals surface area contributed by atoms with Crippen LogP contribution in [-0.2, 0) is 11.2 Å². The minimum Gasteiger partial charge on any atom is -0.396 e. The number of fused-ring (bicyclic) bond motifs is 1. The predicted molar refractivity (Wildman–Crippen MR) is 72.4 cm³/mol. The van der Waals surface area contributed by atoms with Gasteiger partial charge in [0.15, 0.2) is 0 Å². The number of aliphatic hydroxyl groups excluding tert-OH is 1. The highest BCUT2D eigenvalue weighted by atomic mass is 16.3. The smallest absolute Gasteiger partial charge is 0.222 e. The summed E-state index contributed by atoms with van der Waals surface area (Å²) in [4.78, 5) is 11.2. The summed E-state index contributed by atoms with van der Waals surface area (Å²) in [5.41, 5.74) is 1.23. The van der Waals surface area contributed by atoms with Crippen LogP contribution in [0.4, 0.5) is 0 Å². The maximum atomic E-state index is 11.2. The van der Waals surface area contributed by atoms with E-state index in [0.29, 0.717) is 6.54 Å². The van der Waals surface area contributed by atoms with Gasteiger partial charge >= 0.3 is 0 Å². The number of rotatable bonds is 5. The lowest BCUT2D eigenvalue weighted by Gasteiger charge is -2.07. The van der Waals surface area contributed by atoms with E-state index in [1.165, 1.54) is 16.3 Å². The lowest BCUT2D eigenvalue weighted by Crippen LogP contribution is -2.26. The third kappa shape index (κ3) is 3.08. The van der Waals surface area contributed by atoms with Gasteiger partial charge in [0.2, 0.25) is 5.91 Å². The summed E-state index contributed by atoms with van der Waals surface area (Å²) in [5.74, 6) is -0.0993. The van der Waals surface area contributed by atoms with Crippen LogP contribution in [0.25, 0.3) is 10.8 Å². The van der Waals surface area contributed by atoms with Crippen LogP contribution in [0.1, 0.15) is 12.0 Å². The third-order valence-electron chi connectivity index (χ3n) is 2.94. The molecule has 2 aromatic carbocycles. The van der Waals surface area contributed by atoms with Crippen molar-refractivity contribution in [2.24, 2.45) is 0 Å². The van der Waals surface area contributed by atoms with Crippen molar-refractivity contribution in [3.63, 3.8) is 0 Å². The average molecular weight is 243 g/mol. The second-order valence-electron chi connectivity index (χ2n) is 4.21. The SMILES string of the molecule is O=C(CCO)NCCc1cccc2ccccc12. The lowest BCUT2D eigenvalue weighted by atomic mass is 10.0. The fourth-order valence-corrected chi connectivity index (χ4v) is 2.04. The van der Waals surface area contributed by atoms with E-state index in [1.807, 2.05) is 18.2 Å². The molecule has 0 unspecified atom stereocenters. The fourth-order valence-electron chi connectivity index (χ4n) is 2.04. The molecule has 2 rings (SSSR count). The van der Waals surface area contributed by atoms with E-state index in [1.54, 1.807) is 0 Å². The molecule has 0 saturated carbocycles. The maximum Gasteiger partial charge on any atom is 0.222 e. The van der Waals surface area contributed by atoms with Crippen molar-refractivity contribution in [3.8, 4) is 0 Å². The highest BCUT2D eigenvalue weighted by Gasteiger charge is 2.02. The molecule has 0 spiro atoms. The van der Waals surface area contributed by atoms with Gasteiger partial charge in [0.05, 0.1) is 6.61 Å². The van der Waals surface area contributed by atoms with Crippen LogP contribution in [-0.4, -0.2) is 24.2 Å². The zero-order valence-electron chi connectivity index (χ0n) is 10.2. The zero-order chi connectivity index (χ0) is 12.8. The van der Waals surface area contributed by atoms with Crippen molar-refractivity contribution in [3.05, 3.63) is 48.0 Å². The first-order valence-electron chi connectivity index (χ1n) is 6.15. The summed E-state index contributed by atoms with van der Waals surface area (Å²) < 4.78 is 0. The summed E-state index contributed by atoms with van der Waals surface area (Å²) in [6, 6.07) is 14.4. The van der Waals surface area contributed by atoms with E-state index in [0.717, 1.165) is 6.42 Å². The average Bonchev–Trinajstić information content (AvgIpc) is 2.39. The molecule has 0 saturated heterocycles. The fraction of sp³-hybridized carbons (Fsp3) is 0.267. The number of hydrogen-bond acceptors (Lipinski definition) is 2. The summed E-state index contributed by atoms with van der Waals surface area (Å²) in [7, 11) is 0. The Morgan fingerprint density at radius 2 is 1.89 bits per heavy atom. The Morgan fingerprint density at radius 3 is 2.72 bits per heavy atom. The van der Waals surface area contributed by atoms with Crippen molar-refractivity contribution < 1.29 is 9.90 Å². The van der Waals surface area contributed by atoms with E-state index in [2.05, 4.69) is 29.6 Å². The molecule has 0 bridgehead atoms. The Morgan fingerprint density at radius 1 is 1.11 bits per heavy atom. The summed E-state index contributed by atoms with van der Waals surface area (Å²) in [6.07, 6.45) is 0.980.